The molecule has 0 unspecified atom stereocenters. The molecule has 0 bridgehead atoms. The summed E-state index contributed by atoms with van der Waals surface area (Å²) in [4.78, 5) is 0. The number of aliphatic hydroxyl groups is 6. The molecule has 12 heteroatoms. The van der Waals surface area contributed by atoms with Crippen LogP contribution in [0.5, 0.6) is 11.5 Å². The van der Waals surface area contributed by atoms with Gasteiger partial charge >= 0.3 is 0 Å². The van der Waals surface area contributed by atoms with Gasteiger partial charge in [-0.05, 0) is 24.1 Å². The lowest BCUT2D eigenvalue weighted by Crippen LogP contribution is -2.59. The Hall–Kier alpha value is -1.58. The molecule has 0 aliphatic carbocycles. The van der Waals surface area contributed by atoms with Gasteiger partial charge < -0.3 is 59.8 Å². The van der Waals surface area contributed by atoms with Gasteiger partial charge in [0.15, 0.2) is 24.1 Å². The second-order valence-corrected chi connectivity index (χ2v) is 7.68. The normalized spacial score (nSPS) is 38.5. The summed E-state index contributed by atoms with van der Waals surface area (Å²) in [5, 5.41) is 78.4. The van der Waals surface area contributed by atoms with Crippen LogP contribution in [0.1, 0.15) is 5.56 Å². The molecule has 0 amide bonds. The van der Waals surface area contributed by atoms with Gasteiger partial charge in [0, 0.05) is 0 Å². The van der Waals surface area contributed by atoms with Crippen LogP contribution in [0.4, 0.5) is 0 Å². The molecule has 0 radical (unpaired) electrons. The van der Waals surface area contributed by atoms with Crippen molar-refractivity contribution in [2.75, 3.05) is 26.4 Å². The van der Waals surface area contributed by atoms with Crippen molar-refractivity contribution in [1.82, 2.24) is 0 Å². The van der Waals surface area contributed by atoms with E-state index in [1.54, 1.807) is 6.07 Å². The van der Waals surface area contributed by atoms with Crippen molar-refractivity contribution in [3.05, 3.63) is 23.8 Å². The highest BCUT2D eigenvalue weighted by Gasteiger charge is 2.50. The Morgan fingerprint density at radius 3 is 2.35 bits per heavy atom. The highest BCUT2D eigenvalue weighted by Crippen LogP contribution is 2.28. The number of phenols is 2. The molecule has 2 aliphatic rings. The molecule has 8 N–H and O–H groups in total. The summed E-state index contributed by atoms with van der Waals surface area (Å²) >= 11 is 0. The van der Waals surface area contributed by atoms with E-state index in [2.05, 4.69) is 0 Å². The van der Waals surface area contributed by atoms with Crippen molar-refractivity contribution in [2.45, 2.75) is 55.1 Å². The third-order valence-corrected chi connectivity index (χ3v) is 5.39. The van der Waals surface area contributed by atoms with E-state index in [0.717, 1.165) is 0 Å². The number of ether oxygens (including phenoxy) is 4. The van der Waals surface area contributed by atoms with Crippen LogP contribution in [0.25, 0.3) is 0 Å². The van der Waals surface area contributed by atoms with Gasteiger partial charge in [0.05, 0.1) is 26.4 Å². The first-order valence-corrected chi connectivity index (χ1v) is 9.73. The molecular weight excluding hydrogens is 420 g/mol. The number of aliphatic hydroxyl groups excluding tert-OH is 5. The predicted octanol–water partition coefficient (Wildman–Crippen LogP) is -3.08. The van der Waals surface area contributed by atoms with Crippen molar-refractivity contribution >= 4 is 0 Å². The maximum Gasteiger partial charge on any atom is 0.186 e. The average Bonchev–Trinajstić information content (AvgIpc) is 3.04. The Bertz CT molecular complexity index is 732. The lowest BCUT2D eigenvalue weighted by Gasteiger charge is -2.40. The van der Waals surface area contributed by atoms with E-state index in [4.69, 9.17) is 24.1 Å². The molecule has 3 rings (SSSR count). The second kappa shape index (κ2) is 9.92. The van der Waals surface area contributed by atoms with Crippen LogP contribution >= 0.6 is 0 Å². The Morgan fingerprint density at radius 2 is 1.71 bits per heavy atom. The quantitative estimate of drug-likeness (QED) is 0.187. The molecule has 2 aliphatic heterocycles. The van der Waals surface area contributed by atoms with Crippen LogP contribution in [0.15, 0.2) is 18.2 Å². The summed E-state index contributed by atoms with van der Waals surface area (Å²) in [7, 11) is 0. The number of aromatic hydroxyl groups is 2. The van der Waals surface area contributed by atoms with E-state index in [1.807, 2.05) is 0 Å². The molecule has 12 nitrogen and oxygen atoms in total. The zero-order valence-corrected chi connectivity index (χ0v) is 16.5. The van der Waals surface area contributed by atoms with Gasteiger partial charge in [-0.3, -0.25) is 0 Å². The number of phenolic OH excluding ortho intramolecular Hbond substituents is 2. The number of benzene rings is 1. The highest BCUT2D eigenvalue weighted by atomic mass is 16.7. The maximum absolute atomic E-state index is 10.2. The van der Waals surface area contributed by atoms with Gasteiger partial charge in [0.2, 0.25) is 0 Å². The number of rotatable bonds is 8. The van der Waals surface area contributed by atoms with E-state index in [1.165, 1.54) is 12.1 Å². The molecule has 2 heterocycles. The molecule has 0 saturated carbocycles. The predicted molar refractivity (Wildman–Crippen MR) is 99.8 cm³/mol. The van der Waals surface area contributed by atoms with Gasteiger partial charge in [-0.2, -0.15) is 0 Å². The van der Waals surface area contributed by atoms with Crippen molar-refractivity contribution < 1.29 is 59.8 Å². The van der Waals surface area contributed by atoms with Gasteiger partial charge in [0.1, 0.15) is 36.1 Å². The zero-order valence-electron chi connectivity index (χ0n) is 16.5. The monoisotopic (exact) mass is 448 g/mol. The Balaban J connectivity index is 1.53. The first-order valence-electron chi connectivity index (χ1n) is 9.73. The minimum Gasteiger partial charge on any atom is -0.504 e. The summed E-state index contributed by atoms with van der Waals surface area (Å²) in [5.74, 6) is -0.545. The van der Waals surface area contributed by atoms with Crippen LogP contribution in [-0.4, -0.2) is 116 Å². The molecule has 8 atom stereocenters. The topological polar surface area (TPSA) is 199 Å². The summed E-state index contributed by atoms with van der Waals surface area (Å²) in [6, 6.07) is 4.25. The summed E-state index contributed by atoms with van der Waals surface area (Å²) < 4.78 is 21.4. The van der Waals surface area contributed by atoms with E-state index in [-0.39, 0.29) is 31.3 Å². The Labute approximate surface area is 177 Å². The summed E-state index contributed by atoms with van der Waals surface area (Å²) in [6.45, 7) is -1.45. The summed E-state index contributed by atoms with van der Waals surface area (Å²) in [5.41, 5.74) is -1.23. The first-order chi connectivity index (χ1) is 14.7. The largest absolute Gasteiger partial charge is 0.504 e. The maximum atomic E-state index is 10.2. The van der Waals surface area contributed by atoms with Crippen LogP contribution in [0, 0.1) is 0 Å². The number of hydrogen-bond donors (Lipinski definition) is 8. The van der Waals surface area contributed by atoms with E-state index >= 15 is 0 Å². The van der Waals surface area contributed by atoms with Crippen LogP contribution in [0.2, 0.25) is 0 Å². The smallest absolute Gasteiger partial charge is 0.186 e. The minimum absolute atomic E-state index is 0.0241. The van der Waals surface area contributed by atoms with Crippen molar-refractivity contribution in [3.63, 3.8) is 0 Å². The fourth-order valence-electron chi connectivity index (χ4n) is 3.33. The van der Waals surface area contributed by atoms with Crippen molar-refractivity contribution in [3.8, 4) is 11.5 Å². The van der Waals surface area contributed by atoms with E-state index < -0.39 is 55.3 Å². The second-order valence-electron chi connectivity index (χ2n) is 7.68. The summed E-state index contributed by atoms with van der Waals surface area (Å²) in [6.07, 6.45) is -9.68. The fraction of sp³-hybridized carbons (Fsp3) is 0.684. The molecule has 2 saturated heterocycles. The Morgan fingerprint density at radius 1 is 0.968 bits per heavy atom. The molecule has 1 aromatic rings. The van der Waals surface area contributed by atoms with Crippen molar-refractivity contribution in [1.29, 1.82) is 0 Å². The van der Waals surface area contributed by atoms with Gasteiger partial charge in [0.25, 0.3) is 0 Å². The van der Waals surface area contributed by atoms with E-state index in [0.29, 0.717) is 12.0 Å². The van der Waals surface area contributed by atoms with Crippen LogP contribution in [-0.2, 0) is 25.4 Å². The minimum atomic E-state index is -1.87. The first kappa shape index (κ1) is 24.1. The standard InChI is InChI=1S/C19H28O12/c20-7-19(27)8-30-18(16(19)26)29-6-12-13(23)14(24)15(25)17(31-12)28-4-3-9-1-2-10(21)11(22)5-9/h1-2,5,12-18,20-27H,3-4,6-8H2/t12-,13-,14+,15-,16+,17-,18-,19+/m1/s1. The molecular formula is C19H28O12. The van der Waals surface area contributed by atoms with Crippen LogP contribution < -0.4 is 0 Å². The number of hydrogen-bond acceptors (Lipinski definition) is 12. The molecule has 2 fully saturated rings. The molecule has 1 aromatic carbocycles. The highest BCUT2D eigenvalue weighted by molar-refractivity contribution is 5.40. The molecule has 0 aromatic heterocycles. The molecule has 31 heavy (non-hydrogen) atoms. The molecule has 176 valence electrons. The third-order valence-electron chi connectivity index (χ3n) is 5.39. The van der Waals surface area contributed by atoms with Crippen LogP contribution in [0.3, 0.4) is 0 Å². The fourth-order valence-corrected chi connectivity index (χ4v) is 3.33. The average molecular weight is 448 g/mol. The van der Waals surface area contributed by atoms with Crippen molar-refractivity contribution in [2.24, 2.45) is 0 Å². The lowest BCUT2D eigenvalue weighted by atomic mass is 9.99. The SMILES string of the molecule is OC[C@]1(O)CO[C@@H](OC[C@H]2O[C@@H](OCCc3ccc(O)c(O)c3)[C@H](O)[C@@H](O)[C@@H]2O)[C@@H]1O. The lowest BCUT2D eigenvalue weighted by molar-refractivity contribution is -0.309. The third kappa shape index (κ3) is 5.26. The van der Waals surface area contributed by atoms with E-state index in [9.17, 15) is 35.7 Å². The van der Waals surface area contributed by atoms with Gasteiger partial charge in [-0.1, -0.05) is 6.07 Å². The van der Waals surface area contributed by atoms with Gasteiger partial charge in [-0.25, -0.2) is 0 Å². The van der Waals surface area contributed by atoms with Gasteiger partial charge in [-0.15, -0.1) is 0 Å². The Kier molecular flexibility index (Phi) is 7.70. The molecule has 0 spiro atoms. The zero-order chi connectivity index (χ0) is 22.8.